The quantitative estimate of drug-likeness (QED) is 0.816. The van der Waals surface area contributed by atoms with Crippen LogP contribution in [0.3, 0.4) is 0 Å². The van der Waals surface area contributed by atoms with Crippen molar-refractivity contribution in [1.29, 1.82) is 0 Å². The molecule has 1 aromatic carbocycles. The maximum atomic E-state index is 12.5. The molecule has 1 fully saturated rings. The molecule has 0 saturated carbocycles. The number of nitrogens with zero attached hydrogens (tertiary/aromatic N) is 2. The van der Waals surface area contributed by atoms with Gasteiger partial charge in [-0.1, -0.05) is 30.3 Å². The van der Waals surface area contributed by atoms with Crippen molar-refractivity contribution in [2.45, 2.75) is 0 Å². The van der Waals surface area contributed by atoms with E-state index in [9.17, 15) is 4.79 Å². The Morgan fingerprint density at radius 3 is 2.32 bits per heavy atom. The first-order chi connectivity index (χ1) is 10.8. The van der Waals surface area contributed by atoms with Crippen molar-refractivity contribution in [3.8, 4) is 0 Å². The topological polar surface area (TPSA) is 42.4 Å². The predicted molar refractivity (Wildman–Crippen MR) is 85.2 cm³/mol. The molecule has 1 aromatic heterocycles. The highest BCUT2D eigenvalue weighted by molar-refractivity contribution is 5.99. The number of ether oxygens (including phenoxy) is 1. The van der Waals surface area contributed by atoms with E-state index in [2.05, 4.69) is 4.98 Å². The largest absolute Gasteiger partial charge is 0.378 e. The summed E-state index contributed by atoms with van der Waals surface area (Å²) in [5.41, 5.74) is 2.93. The van der Waals surface area contributed by atoms with E-state index >= 15 is 0 Å². The van der Waals surface area contributed by atoms with Gasteiger partial charge in [-0.05, 0) is 28.8 Å². The van der Waals surface area contributed by atoms with Crippen molar-refractivity contribution in [3.63, 3.8) is 0 Å². The molecule has 0 aliphatic carbocycles. The van der Waals surface area contributed by atoms with Crippen LogP contribution in [0.25, 0.3) is 5.57 Å². The molecule has 22 heavy (non-hydrogen) atoms. The summed E-state index contributed by atoms with van der Waals surface area (Å²) in [6.45, 7) is 2.51. The van der Waals surface area contributed by atoms with E-state index in [0.717, 1.165) is 16.7 Å². The summed E-state index contributed by atoms with van der Waals surface area (Å²) in [4.78, 5) is 18.4. The number of hydrogen-bond donors (Lipinski definition) is 0. The SMILES string of the molecule is O=C(C=C(c1ccccc1)c1ccncc1)N1CCOCC1. The Morgan fingerprint density at radius 2 is 1.64 bits per heavy atom. The molecule has 112 valence electrons. The van der Waals surface area contributed by atoms with E-state index in [1.807, 2.05) is 47.4 Å². The average Bonchev–Trinajstić information content (AvgIpc) is 2.62. The third kappa shape index (κ3) is 3.40. The molecule has 4 nitrogen and oxygen atoms in total. The van der Waals surface area contributed by atoms with Gasteiger partial charge in [0.05, 0.1) is 13.2 Å². The molecule has 0 spiro atoms. The number of hydrogen-bond acceptors (Lipinski definition) is 3. The maximum Gasteiger partial charge on any atom is 0.247 e. The summed E-state index contributed by atoms with van der Waals surface area (Å²) >= 11 is 0. The average molecular weight is 294 g/mol. The van der Waals surface area contributed by atoms with Crippen LogP contribution < -0.4 is 0 Å². The molecule has 1 aliphatic rings. The Morgan fingerprint density at radius 1 is 1.00 bits per heavy atom. The van der Waals surface area contributed by atoms with Gasteiger partial charge >= 0.3 is 0 Å². The fraction of sp³-hybridized carbons (Fsp3) is 0.222. The summed E-state index contributed by atoms with van der Waals surface area (Å²) < 4.78 is 5.30. The molecular formula is C18H18N2O2. The molecule has 1 aliphatic heterocycles. The second-order valence-electron chi connectivity index (χ2n) is 5.10. The molecule has 0 N–H and O–H groups in total. The van der Waals surface area contributed by atoms with Gasteiger partial charge in [-0.15, -0.1) is 0 Å². The second-order valence-corrected chi connectivity index (χ2v) is 5.10. The van der Waals surface area contributed by atoms with Crippen molar-refractivity contribution < 1.29 is 9.53 Å². The lowest BCUT2D eigenvalue weighted by Gasteiger charge is -2.26. The highest BCUT2D eigenvalue weighted by Crippen LogP contribution is 2.23. The number of carbonyl (C=O) groups is 1. The zero-order chi connectivity index (χ0) is 15.2. The van der Waals surface area contributed by atoms with Crippen LogP contribution in [0.4, 0.5) is 0 Å². The van der Waals surface area contributed by atoms with Gasteiger partial charge in [0.25, 0.3) is 0 Å². The van der Waals surface area contributed by atoms with Crippen LogP contribution in [0, 0.1) is 0 Å². The van der Waals surface area contributed by atoms with Gasteiger partial charge < -0.3 is 9.64 Å². The summed E-state index contributed by atoms with van der Waals surface area (Å²) in [5, 5.41) is 0. The standard InChI is InChI=1S/C18H18N2O2/c21-18(20-10-12-22-13-11-20)14-17(15-4-2-1-3-5-15)16-6-8-19-9-7-16/h1-9,14H,10-13H2. The van der Waals surface area contributed by atoms with E-state index in [-0.39, 0.29) is 5.91 Å². The molecule has 1 saturated heterocycles. The van der Waals surface area contributed by atoms with Gasteiger partial charge in [0.2, 0.25) is 5.91 Å². The van der Waals surface area contributed by atoms with Crippen molar-refractivity contribution in [2.24, 2.45) is 0 Å². The third-order valence-corrected chi connectivity index (χ3v) is 3.67. The first-order valence-corrected chi connectivity index (χ1v) is 7.39. The molecule has 0 unspecified atom stereocenters. The number of aromatic nitrogens is 1. The smallest absolute Gasteiger partial charge is 0.247 e. The minimum Gasteiger partial charge on any atom is -0.378 e. The normalized spacial score (nSPS) is 15.6. The zero-order valence-corrected chi connectivity index (χ0v) is 12.3. The van der Waals surface area contributed by atoms with E-state index < -0.39 is 0 Å². The zero-order valence-electron chi connectivity index (χ0n) is 12.3. The number of morpholine rings is 1. The van der Waals surface area contributed by atoms with Gasteiger partial charge in [-0.3, -0.25) is 9.78 Å². The summed E-state index contributed by atoms with van der Waals surface area (Å²) in [6, 6.07) is 13.8. The van der Waals surface area contributed by atoms with E-state index in [1.54, 1.807) is 18.5 Å². The van der Waals surface area contributed by atoms with E-state index in [0.29, 0.717) is 26.3 Å². The van der Waals surface area contributed by atoms with Crippen LogP contribution in [0.5, 0.6) is 0 Å². The monoisotopic (exact) mass is 294 g/mol. The van der Waals surface area contributed by atoms with Gasteiger partial charge in [0, 0.05) is 31.6 Å². The lowest BCUT2D eigenvalue weighted by Crippen LogP contribution is -2.39. The number of rotatable bonds is 3. The van der Waals surface area contributed by atoms with Gasteiger partial charge in [0.15, 0.2) is 0 Å². The highest BCUT2D eigenvalue weighted by Gasteiger charge is 2.16. The maximum absolute atomic E-state index is 12.5. The van der Waals surface area contributed by atoms with Crippen molar-refractivity contribution >= 4 is 11.5 Å². The fourth-order valence-corrected chi connectivity index (χ4v) is 2.48. The van der Waals surface area contributed by atoms with Crippen LogP contribution in [0.2, 0.25) is 0 Å². The molecule has 3 rings (SSSR count). The van der Waals surface area contributed by atoms with Crippen LogP contribution in [-0.2, 0) is 9.53 Å². The van der Waals surface area contributed by atoms with Gasteiger partial charge in [-0.2, -0.15) is 0 Å². The highest BCUT2D eigenvalue weighted by atomic mass is 16.5. The van der Waals surface area contributed by atoms with Crippen molar-refractivity contribution in [2.75, 3.05) is 26.3 Å². The molecule has 4 heteroatoms. The summed E-state index contributed by atoms with van der Waals surface area (Å²) in [7, 11) is 0. The molecule has 0 bridgehead atoms. The van der Waals surface area contributed by atoms with E-state index in [4.69, 9.17) is 4.74 Å². The first kappa shape index (κ1) is 14.5. The van der Waals surface area contributed by atoms with E-state index in [1.165, 1.54) is 0 Å². The van der Waals surface area contributed by atoms with Crippen LogP contribution in [0.15, 0.2) is 60.9 Å². The van der Waals surface area contributed by atoms with Gasteiger partial charge in [-0.25, -0.2) is 0 Å². The molecular weight excluding hydrogens is 276 g/mol. The van der Waals surface area contributed by atoms with Crippen molar-refractivity contribution in [1.82, 2.24) is 9.88 Å². The van der Waals surface area contributed by atoms with Crippen molar-refractivity contribution in [3.05, 3.63) is 72.1 Å². The summed E-state index contributed by atoms with van der Waals surface area (Å²) in [6.07, 6.45) is 5.20. The minimum atomic E-state index is 0.0268. The first-order valence-electron chi connectivity index (χ1n) is 7.39. The second kappa shape index (κ2) is 7.00. The van der Waals surface area contributed by atoms with Crippen LogP contribution in [-0.4, -0.2) is 42.1 Å². The van der Waals surface area contributed by atoms with Gasteiger partial charge in [0.1, 0.15) is 0 Å². The third-order valence-electron chi connectivity index (χ3n) is 3.67. The Hall–Kier alpha value is -2.46. The Bertz CT molecular complexity index is 606. The number of benzene rings is 1. The fourth-order valence-electron chi connectivity index (χ4n) is 2.48. The molecule has 2 heterocycles. The minimum absolute atomic E-state index is 0.0268. The summed E-state index contributed by atoms with van der Waals surface area (Å²) in [5.74, 6) is 0.0268. The number of amides is 1. The molecule has 0 radical (unpaired) electrons. The Balaban J connectivity index is 1.94. The Labute approximate surface area is 130 Å². The lowest BCUT2D eigenvalue weighted by molar-refractivity contribution is -0.129. The number of carbonyl (C=O) groups excluding carboxylic acids is 1. The van der Waals surface area contributed by atoms with Crippen LogP contribution >= 0.6 is 0 Å². The molecule has 1 amide bonds. The predicted octanol–water partition coefficient (Wildman–Crippen LogP) is 2.37. The Kier molecular flexibility index (Phi) is 4.61. The lowest BCUT2D eigenvalue weighted by atomic mass is 9.98. The molecule has 0 atom stereocenters. The number of pyridine rings is 1. The molecule has 2 aromatic rings. The van der Waals surface area contributed by atoms with Crippen LogP contribution in [0.1, 0.15) is 11.1 Å².